The van der Waals surface area contributed by atoms with Crippen LogP contribution in [0.3, 0.4) is 0 Å². The summed E-state index contributed by atoms with van der Waals surface area (Å²) in [6, 6.07) is 24.6. The fourth-order valence-corrected chi connectivity index (χ4v) is 4.92. The van der Waals surface area contributed by atoms with Crippen molar-refractivity contribution in [3.05, 3.63) is 95.6 Å². The van der Waals surface area contributed by atoms with Crippen molar-refractivity contribution < 1.29 is 19.4 Å². The maximum Gasteiger partial charge on any atom is 0.251 e. The first-order chi connectivity index (χ1) is 19.5. The predicted molar refractivity (Wildman–Crippen MR) is 159 cm³/mol. The van der Waals surface area contributed by atoms with E-state index in [-0.39, 0.29) is 11.8 Å². The highest BCUT2D eigenvalue weighted by Gasteiger charge is 2.26. The van der Waals surface area contributed by atoms with Crippen LogP contribution >= 0.6 is 0 Å². The molecule has 212 valence electrons. The van der Waals surface area contributed by atoms with Crippen LogP contribution in [-0.4, -0.2) is 48.8 Å². The number of amides is 2. The van der Waals surface area contributed by atoms with E-state index in [1.165, 1.54) is 0 Å². The van der Waals surface area contributed by atoms with E-state index in [2.05, 4.69) is 17.6 Å². The number of carbonyl (C=O) groups is 2. The van der Waals surface area contributed by atoms with Gasteiger partial charge in [-0.1, -0.05) is 80.4 Å². The number of benzene rings is 3. The number of ether oxygens (including phenoxy) is 1. The minimum Gasteiger partial charge on any atom is -0.493 e. The van der Waals surface area contributed by atoms with Crippen molar-refractivity contribution in [2.75, 3.05) is 24.6 Å². The topological polar surface area (TPSA) is 90.9 Å². The average Bonchev–Trinajstić information content (AvgIpc) is 3.41. The third-order valence-corrected chi connectivity index (χ3v) is 7.16. The summed E-state index contributed by atoms with van der Waals surface area (Å²) in [6.45, 7) is 4.26. The van der Waals surface area contributed by atoms with Gasteiger partial charge in [0.2, 0.25) is 5.91 Å². The second-order valence-corrected chi connectivity index (χ2v) is 10.4. The number of aliphatic hydroxyl groups is 1. The van der Waals surface area contributed by atoms with Gasteiger partial charge in [-0.05, 0) is 42.5 Å². The van der Waals surface area contributed by atoms with Gasteiger partial charge in [-0.25, -0.2) is 0 Å². The highest BCUT2D eigenvalue weighted by atomic mass is 16.5. The summed E-state index contributed by atoms with van der Waals surface area (Å²) >= 11 is 0. The van der Waals surface area contributed by atoms with Gasteiger partial charge in [0.05, 0.1) is 18.8 Å². The first kappa shape index (κ1) is 29.3. The van der Waals surface area contributed by atoms with Gasteiger partial charge >= 0.3 is 0 Å². The molecule has 0 radical (unpaired) electrons. The Hall–Kier alpha value is -3.68. The molecule has 3 N–H and O–H groups in total. The van der Waals surface area contributed by atoms with Crippen molar-refractivity contribution in [1.82, 2.24) is 10.6 Å². The van der Waals surface area contributed by atoms with Crippen LogP contribution in [0, 0.1) is 0 Å². The molecule has 0 aliphatic carbocycles. The number of hydrogen-bond donors (Lipinski definition) is 3. The molecule has 1 fully saturated rings. The second-order valence-electron chi connectivity index (χ2n) is 10.4. The largest absolute Gasteiger partial charge is 0.493 e. The number of nitrogens with one attached hydrogen (secondary N) is 2. The van der Waals surface area contributed by atoms with E-state index < -0.39 is 12.1 Å². The molecule has 0 unspecified atom stereocenters. The number of rotatable bonds is 15. The molecular weight excluding hydrogens is 502 g/mol. The number of aliphatic hydroxyl groups excluding tert-OH is 1. The molecule has 1 heterocycles. The lowest BCUT2D eigenvalue weighted by atomic mass is 10.00. The Kier molecular flexibility index (Phi) is 11.1. The SMILES string of the molecule is CCCCCOc1cc(C(=O)N[C@@H](Cc2ccccc2)[C@H](O)CNCc2ccccc2)cc(N2CCCC2=O)c1. The zero-order valence-electron chi connectivity index (χ0n) is 23.4. The lowest BCUT2D eigenvalue weighted by Crippen LogP contribution is -2.48. The van der Waals surface area contributed by atoms with Gasteiger partial charge < -0.3 is 25.4 Å². The smallest absolute Gasteiger partial charge is 0.251 e. The lowest BCUT2D eigenvalue weighted by molar-refractivity contribution is -0.117. The van der Waals surface area contributed by atoms with Crippen LogP contribution in [0.15, 0.2) is 78.9 Å². The van der Waals surface area contributed by atoms with Crippen molar-refractivity contribution in [3.8, 4) is 5.75 Å². The second kappa shape index (κ2) is 15.2. The maximum atomic E-state index is 13.6. The minimum absolute atomic E-state index is 0.0522. The van der Waals surface area contributed by atoms with Crippen molar-refractivity contribution >= 4 is 17.5 Å². The van der Waals surface area contributed by atoms with Gasteiger partial charge in [-0.2, -0.15) is 0 Å². The molecule has 3 aromatic rings. The molecule has 3 aromatic carbocycles. The first-order valence-corrected chi connectivity index (χ1v) is 14.4. The van der Waals surface area contributed by atoms with Crippen molar-refractivity contribution in [2.24, 2.45) is 0 Å². The normalized spacial score (nSPS) is 14.7. The Morgan fingerprint density at radius 2 is 1.73 bits per heavy atom. The van der Waals surface area contributed by atoms with Gasteiger partial charge in [0.1, 0.15) is 5.75 Å². The number of nitrogens with zero attached hydrogens (tertiary/aromatic N) is 1. The van der Waals surface area contributed by atoms with Gasteiger partial charge in [0.15, 0.2) is 0 Å². The Morgan fingerprint density at radius 3 is 2.40 bits per heavy atom. The summed E-state index contributed by atoms with van der Waals surface area (Å²) in [7, 11) is 0. The van der Waals surface area contributed by atoms with Crippen LogP contribution in [0.5, 0.6) is 5.75 Å². The Morgan fingerprint density at radius 1 is 1.00 bits per heavy atom. The van der Waals surface area contributed by atoms with E-state index in [0.717, 1.165) is 36.8 Å². The summed E-state index contributed by atoms with van der Waals surface area (Å²) < 4.78 is 6.00. The van der Waals surface area contributed by atoms with E-state index >= 15 is 0 Å². The molecule has 7 heteroatoms. The molecule has 2 atom stereocenters. The van der Waals surface area contributed by atoms with Crippen molar-refractivity contribution in [1.29, 1.82) is 0 Å². The standard InChI is InChI=1S/C33H41N3O4/c1-2-3-10-18-40-29-21-27(20-28(22-29)36-17-11-16-32(36)38)33(39)35-30(19-25-12-6-4-7-13-25)31(37)24-34-23-26-14-8-5-9-15-26/h4-9,12-15,20-22,30-31,34,37H,2-3,10-11,16-19,23-24H2,1H3,(H,35,39)/t30-,31+/m0/s1. The monoisotopic (exact) mass is 543 g/mol. The van der Waals surface area contributed by atoms with Crippen LogP contribution in [0.1, 0.15) is 60.5 Å². The van der Waals surface area contributed by atoms with E-state index in [4.69, 9.17) is 4.74 Å². The average molecular weight is 544 g/mol. The molecule has 4 rings (SSSR count). The van der Waals surface area contributed by atoms with Crippen LogP contribution in [0.25, 0.3) is 0 Å². The predicted octanol–water partition coefficient (Wildman–Crippen LogP) is 4.87. The number of unbranched alkanes of at least 4 members (excludes halogenated alkanes) is 2. The highest BCUT2D eigenvalue weighted by molar-refractivity contribution is 5.99. The molecule has 0 spiro atoms. The molecule has 40 heavy (non-hydrogen) atoms. The molecule has 0 aromatic heterocycles. The molecular formula is C33H41N3O4. The molecule has 1 aliphatic heterocycles. The van der Waals surface area contributed by atoms with Crippen molar-refractivity contribution in [3.63, 3.8) is 0 Å². The van der Waals surface area contributed by atoms with E-state index in [1.54, 1.807) is 17.0 Å². The third-order valence-electron chi connectivity index (χ3n) is 7.16. The molecule has 1 aliphatic rings. The zero-order valence-corrected chi connectivity index (χ0v) is 23.4. The molecule has 0 bridgehead atoms. The van der Waals surface area contributed by atoms with Crippen molar-refractivity contribution in [2.45, 2.75) is 64.1 Å². The van der Waals surface area contributed by atoms with Crippen LogP contribution in [0.2, 0.25) is 0 Å². The molecule has 2 amide bonds. The van der Waals surface area contributed by atoms with Gasteiger partial charge in [0.25, 0.3) is 5.91 Å². The number of anilines is 1. The van der Waals surface area contributed by atoms with E-state index in [0.29, 0.717) is 56.1 Å². The molecule has 0 saturated carbocycles. The van der Waals surface area contributed by atoms with Crippen LogP contribution < -0.4 is 20.3 Å². The lowest BCUT2D eigenvalue weighted by Gasteiger charge is -2.25. The summed E-state index contributed by atoms with van der Waals surface area (Å²) in [5.74, 6) is 0.314. The highest BCUT2D eigenvalue weighted by Crippen LogP contribution is 2.28. The van der Waals surface area contributed by atoms with Gasteiger partial charge in [-0.15, -0.1) is 0 Å². The van der Waals surface area contributed by atoms with Gasteiger partial charge in [-0.3, -0.25) is 9.59 Å². The van der Waals surface area contributed by atoms with Gasteiger partial charge in [0, 0.05) is 43.4 Å². The maximum absolute atomic E-state index is 13.6. The van der Waals surface area contributed by atoms with Crippen LogP contribution in [-0.2, 0) is 17.8 Å². The summed E-state index contributed by atoms with van der Waals surface area (Å²) in [6.07, 6.45) is 4.03. The summed E-state index contributed by atoms with van der Waals surface area (Å²) in [4.78, 5) is 27.8. The summed E-state index contributed by atoms with van der Waals surface area (Å²) in [5, 5.41) is 17.6. The Labute approximate surface area is 237 Å². The molecule has 1 saturated heterocycles. The van der Waals surface area contributed by atoms with E-state index in [1.807, 2.05) is 66.7 Å². The van der Waals surface area contributed by atoms with E-state index in [9.17, 15) is 14.7 Å². The number of hydrogen-bond acceptors (Lipinski definition) is 5. The Bertz CT molecular complexity index is 1220. The first-order valence-electron chi connectivity index (χ1n) is 14.4. The quantitative estimate of drug-likeness (QED) is 0.238. The fourth-order valence-electron chi connectivity index (χ4n) is 4.92. The third kappa shape index (κ3) is 8.66. The zero-order chi connectivity index (χ0) is 28.2. The molecule has 7 nitrogen and oxygen atoms in total. The minimum atomic E-state index is -0.819. The summed E-state index contributed by atoms with van der Waals surface area (Å²) in [5.41, 5.74) is 3.22. The Balaban J connectivity index is 1.50. The van der Waals surface area contributed by atoms with Crippen LogP contribution in [0.4, 0.5) is 5.69 Å². The number of carbonyl (C=O) groups excluding carboxylic acids is 2. The fraction of sp³-hybridized carbons (Fsp3) is 0.394.